The molecule has 1 N–H and O–H groups in total. The Morgan fingerprint density at radius 1 is 1.40 bits per heavy atom. The molecule has 2 rings (SSSR count). The number of anilines is 1. The maximum absolute atomic E-state index is 11.4. The van der Waals surface area contributed by atoms with E-state index in [2.05, 4.69) is 11.8 Å². The molecule has 1 aliphatic heterocycles. The van der Waals surface area contributed by atoms with Gasteiger partial charge >= 0.3 is 5.97 Å². The SMILES string of the molecule is CCCC1CCCN(c2cccc(Cl)c2C(=O)O)CC1. The van der Waals surface area contributed by atoms with Crippen LogP contribution in [0, 0.1) is 5.92 Å². The molecule has 1 saturated heterocycles. The van der Waals surface area contributed by atoms with E-state index in [0.717, 1.165) is 37.5 Å². The number of nitrogens with zero attached hydrogens (tertiary/aromatic N) is 1. The number of carboxylic acid groups (broad SMARTS) is 1. The third-order valence-electron chi connectivity index (χ3n) is 4.09. The van der Waals surface area contributed by atoms with E-state index < -0.39 is 5.97 Å². The first-order chi connectivity index (χ1) is 9.63. The van der Waals surface area contributed by atoms with E-state index in [0.29, 0.717) is 5.02 Å². The lowest BCUT2D eigenvalue weighted by Gasteiger charge is -2.25. The Kier molecular flexibility index (Phi) is 5.30. The van der Waals surface area contributed by atoms with Gasteiger partial charge in [0.05, 0.1) is 10.7 Å². The van der Waals surface area contributed by atoms with Crippen LogP contribution in [0.3, 0.4) is 0 Å². The third-order valence-corrected chi connectivity index (χ3v) is 4.41. The number of benzene rings is 1. The summed E-state index contributed by atoms with van der Waals surface area (Å²) in [7, 11) is 0. The minimum absolute atomic E-state index is 0.239. The molecule has 0 saturated carbocycles. The highest BCUT2D eigenvalue weighted by molar-refractivity contribution is 6.34. The molecule has 0 bridgehead atoms. The van der Waals surface area contributed by atoms with Crippen LogP contribution in [0.15, 0.2) is 18.2 Å². The van der Waals surface area contributed by atoms with Crippen LogP contribution in [0.2, 0.25) is 5.02 Å². The van der Waals surface area contributed by atoms with E-state index in [1.165, 1.54) is 19.3 Å². The smallest absolute Gasteiger partial charge is 0.339 e. The van der Waals surface area contributed by atoms with Gasteiger partial charge in [0.25, 0.3) is 0 Å². The quantitative estimate of drug-likeness (QED) is 0.892. The molecule has 0 spiro atoms. The zero-order chi connectivity index (χ0) is 14.5. The van der Waals surface area contributed by atoms with E-state index in [-0.39, 0.29) is 5.56 Å². The van der Waals surface area contributed by atoms with Crippen LogP contribution < -0.4 is 4.90 Å². The molecular formula is C16H22ClNO2. The monoisotopic (exact) mass is 295 g/mol. The number of halogens is 1. The highest BCUT2D eigenvalue weighted by Gasteiger charge is 2.22. The predicted octanol–water partition coefficient (Wildman–Crippen LogP) is 4.44. The summed E-state index contributed by atoms with van der Waals surface area (Å²) < 4.78 is 0. The van der Waals surface area contributed by atoms with Crippen LogP contribution in [0.4, 0.5) is 5.69 Å². The first-order valence-corrected chi connectivity index (χ1v) is 7.78. The fraction of sp³-hybridized carbons (Fsp3) is 0.562. The fourth-order valence-corrected chi connectivity index (χ4v) is 3.34. The highest BCUT2D eigenvalue weighted by atomic mass is 35.5. The van der Waals surface area contributed by atoms with E-state index in [9.17, 15) is 9.90 Å². The Bertz CT molecular complexity index is 476. The number of rotatable bonds is 4. The van der Waals surface area contributed by atoms with Crippen molar-refractivity contribution in [2.24, 2.45) is 5.92 Å². The predicted molar refractivity (Wildman–Crippen MR) is 82.9 cm³/mol. The first kappa shape index (κ1) is 15.2. The lowest BCUT2D eigenvalue weighted by atomic mass is 9.96. The van der Waals surface area contributed by atoms with Gasteiger partial charge in [-0.2, -0.15) is 0 Å². The van der Waals surface area contributed by atoms with E-state index in [4.69, 9.17) is 11.6 Å². The van der Waals surface area contributed by atoms with E-state index >= 15 is 0 Å². The Morgan fingerprint density at radius 3 is 2.90 bits per heavy atom. The summed E-state index contributed by atoms with van der Waals surface area (Å²) >= 11 is 6.06. The summed E-state index contributed by atoms with van der Waals surface area (Å²) in [4.78, 5) is 13.6. The van der Waals surface area contributed by atoms with Crippen molar-refractivity contribution in [3.8, 4) is 0 Å². The maximum atomic E-state index is 11.4. The Labute approximate surface area is 125 Å². The number of carbonyl (C=O) groups is 1. The molecule has 1 fully saturated rings. The summed E-state index contributed by atoms with van der Waals surface area (Å²) in [6.45, 7) is 4.06. The topological polar surface area (TPSA) is 40.5 Å². The molecular weight excluding hydrogens is 274 g/mol. The van der Waals surface area contributed by atoms with Gasteiger partial charge in [0.2, 0.25) is 0 Å². The van der Waals surface area contributed by atoms with Crippen molar-refractivity contribution < 1.29 is 9.90 Å². The lowest BCUT2D eigenvalue weighted by Crippen LogP contribution is -2.26. The molecule has 20 heavy (non-hydrogen) atoms. The Balaban J connectivity index is 2.20. The van der Waals surface area contributed by atoms with Crippen LogP contribution in [0.1, 0.15) is 49.4 Å². The second kappa shape index (κ2) is 6.98. The van der Waals surface area contributed by atoms with E-state index in [1.807, 2.05) is 12.1 Å². The molecule has 1 atom stereocenters. The number of hydrogen-bond donors (Lipinski definition) is 1. The molecule has 1 aliphatic rings. The van der Waals surface area contributed by atoms with Crippen molar-refractivity contribution in [1.82, 2.24) is 0 Å². The second-order valence-corrected chi connectivity index (χ2v) is 5.92. The molecule has 4 heteroatoms. The Hall–Kier alpha value is -1.22. The minimum Gasteiger partial charge on any atom is -0.478 e. The van der Waals surface area contributed by atoms with Crippen LogP contribution >= 0.6 is 11.6 Å². The average molecular weight is 296 g/mol. The summed E-state index contributed by atoms with van der Waals surface area (Å²) in [6, 6.07) is 5.35. The second-order valence-electron chi connectivity index (χ2n) is 5.51. The maximum Gasteiger partial charge on any atom is 0.339 e. The highest BCUT2D eigenvalue weighted by Crippen LogP contribution is 2.31. The first-order valence-electron chi connectivity index (χ1n) is 7.40. The van der Waals surface area contributed by atoms with Gasteiger partial charge < -0.3 is 10.0 Å². The number of hydrogen-bond acceptors (Lipinski definition) is 2. The zero-order valence-electron chi connectivity index (χ0n) is 11.9. The summed E-state index contributed by atoms with van der Waals surface area (Å²) in [5.41, 5.74) is 1.00. The van der Waals surface area contributed by atoms with Gasteiger partial charge in [-0.05, 0) is 37.3 Å². The molecule has 0 amide bonds. The Morgan fingerprint density at radius 2 is 2.20 bits per heavy atom. The van der Waals surface area contributed by atoms with Crippen LogP contribution in [0.5, 0.6) is 0 Å². The lowest BCUT2D eigenvalue weighted by molar-refractivity contribution is 0.0697. The van der Waals surface area contributed by atoms with Crippen molar-refractivity contribution in [3.63, 3.8) is 0 Å². The largest absolute Gasteiger partial charge is 0.478 e. The van der Waals surface area contributed by atoms with Gasteiger partial charge in [0.15, 0.2) is 0 Å². The average Bonchev–Trinajstić information content (AvgIpc) is 2.64. The van der Waals surface area contributed by atoms with Crippen LogP contribution in [0.25, 0.3) is 0 Å². The summed E-state index contributed by atoms with van der Waals surface area (Å²) in [6.07, 6.45) is 6.00. The fourth-order valence-electron chi connectivity index (χ4n) is 3.09. The minimum atomic E-state index is -0.944. The molecule has 1 unspecified atom stereocenters. The summed E-state index contributed by atoms with van der Waals surface area (Å²) in [5, 5.41) is 9.70. The molecule has 110 valence electrons. The molecule has 1 heterocycles. The molecule has 0 aromatic heterocycles. The van der Waals surface area contributed by atoms with Gasteiger partial charge in [-0.15, -0.1) is 0 Å². The molecule has 1 aromatic carbocycles. The van der Waals surface area contributed by atoms with Gasteiger partial charge in [-0.3, -0.25) is 0 Å². The molecule has 0 radical (unpaired) electrons. The van der Waals surface area contributed by atoms with Gasteiger partial charge in [0.1, 0.15) is 5.56 Å². The van der Waals surface area contributed by atoms with Crippen LogP contribution in [-0.2, 0) is 0 Å². The number of aromatic carboxylic acids is 1. The molecule has 1 aromatic rings. The van der Waals surface area contributed by atoms with Crippen LogP contribution in [-0.4, -0.2) is 24.2 Å². The van der Waals surface area contributed by atoms with Crippen molar-refractivity contribution in [2.45, 2.75) is 39.0 Å². The van der Waals surface area contributed by atoms with Gasteiger partial charge in [-0.1, -0.05) is 37.4 Å². The van der Waals surface area contributed by atoms with Crippen molar-refractivity contribution in [2.75, 3.05) is 18.0 Å². The number of carboxylic acids is 1. The van der Waals surface area contributed by atoms with Crippen molar-refractivity contribution in [3.05, 3.63) is 28.8 Å². The van der Waals surface area contributed by atoms with E-state index in [1.54, 1.807) is 6.07 Å². The normalized spacial score (nSPS) is 19.7. The third kappa shape index (κ3) is 3.45. The van der Waals surface area contributed by atoms with Crippen molar-refractivity contribution >= 4 is 23.3 Å². The molecule has 3 nitrogen and oxygen atoms in total. The van der Waals surface area contributed by atoms with Gasteiger partial charge in [0, 0.05) is 13.1 Å². The zero-order valence-corrected chi connectivity index (χ0v) is 12.7. The summed E-state index contributed by atoms with van der Waals surface area (Å²) in [5.74, 6) is -0.169. The molecule has 0 aliphatic carbocycles. The van der Waals surface area contributed by atoms with Gasteiger partial charge in [-0.25, -0.2) is 4.79 Å². The van der Waals surface area contributed by atoms with Crippen molar-refractivity contribution in [1.29, 1.82) is 0 Å². The standard InChI is InChI=1S/C16H22ClNO2/c1-2-5-12-6-4-10-18(11-9-12)14-8-3-7-13(17)15(14)16(19)20/h3,7-8,12H,2,4-6,9-11H2,1H3,(H,19,20).